The molecule has 2 rings (SSSR count). The summed E-state index contributed by atoms with van der Waals surface area (Å²) in [5, 5.41) is 6.00. The average Bonchev–Trinajstić information content (AvgIpc) is 2.59. The molecule has 1 fully saturated rings. The zero-order valence-electron chi connectivity index (χ0n) is 14.3. The molecule has 0 saturated carbocycles. The second-order valence-electron chi connectivity index (χ2n) is 5.79. The number of carbonyl (C=O) groups is 1. The third kappa shape index (κ3) is 7.15. The summed E-state index contributed by atoms with van der Waals surface area (Å²) >= 11 is 1.73. The van der Waals surface area contributed by atoms with Crippen LogP contribution in [0.3, 0.4) is 0 Å². The van der Waals surface area contributed by atoms with E-state index in [0.29, 0.717) is 18.7 Å². The molecule has 9 heteroatoms. The number of amides is 1. The van der Waals surface area contributed by atoms with Crippen LogP contribution in [0.2, 0.25) is 0 Å². The van der Waals surface area contributed by atoms with Crippen LogP contribution in [-0.2, 0) is 10.0 Å². The molecule has 1 aromatic carbocycles. The van der Waals surface area contributed by atoms with Gasteiger partial charge in [0, 0.05) is 24.7 Å². The monoisotopic (exact) mass is 407 g/mol. The molecule has 0 aromatic heterocycles. The van der Waals surface area contributed by atoms with Gasteiger partial charge < -0.3 is 10.6 Å². The predicted octanol–water partition coefficient (Wildman–Crippen LogP) is 1.62. The third-order valence-corrected chi connectivity index (χ3v) is 6.05. The van der Waals surface area contributed by atoms with Crippen LogP contribution in [0.15, 0.2) is 29.2 Å². The minimum absolute atomic E-state index is 0. The van der Waals surface area contributed by atoms with Gasteiger partial charge >= 0.3 is 0 Å². The van der Waals surface area contributed by atoms with E-state index in [0.717, 1.165) is 31.6 Å². The van der Waals surface area contributed by atoms with Crippen LogP contribution < -0.4 is 15.4 Å². The van der Waals surface area contributed by atoms with Gasteiger partial charge in [-0.2, -0.15) is 11.8 Å². The maximum absolute atomic E-state index is 12.5. The molecule has 0 spiro atoms. The van der Waals surface area contributed by atoms with E-state index in [4.69, 9.17) is 0 Å². The number of piperidine rings is 1. The fourth-order valence-electron chi connectivity index (χ4n) is 2.56. The number of thioether (sulfide) groups is 1. The van der Waals surface area contributed by atoms with Crippen molar-refractivity contribution < 1.29 is 13.2 Å². The smallest absolute Gasteiger partial charge is 0.251 e. The Hall–Kier alpha value is -0.800. The van der Waals surface area contributed by atoms with Crippen molar-refractivity contribution in [2.24, 2.45) is 0 Å². The standard InChI is InChI=1S/C16H25N3O3S2.ClH/c1-23-10-4-9-18-16(20)13-5-2-7-15(11-13)24(21,22)19-14-6-3-8-17-12-14;/h2,5,7,11,14,17,19H,3-4,6,8-10,12H2,1H3,(H,18,20);1H/t14-;/m0./s1. The second-order valence-corrected chi connectivity index (χ2v) is 8.49. The number of hydrogen-bond acceptors (Lipinski definition) is 5. The van der Waals surface area contributed by atoms with Crippen LogP contribution in [0.25, 0.3) is 0 Å². The molecule has 1 aliphatic heterocycles. The Morgan fingerprint density at radius 3 is 2.88 bits per heavy atom. The van der Waals surface area contributed by atoms with E-state index < -0.39 is 10.0 Å². The Morgan fingerprint density at radius 2 is 2.20 bits per heavy atom. The van der Waals surface area contributed by atoms with Crippen LogP contribution in [-0.4, -0.2) is 52.0 Å². The van der Waals surface area contributed by atoms with Gasteiger partial charge in [-0.05, 0) is 56.0 Å². The third-order valence-electron chi connectivity index (χ3n) is 3.84. The average molecular weight is 408 g/mol. The zero-order valence-corrected chi connectivity index (χ0v) is 16.7. The molecule has 1 aliphatic rings. The van der Waals surface area contributed by atoms with Gasteiger partial charge in [0.25, 0.3) is 5.91 Å². The van der Waals surface area contributed by atoms with Crippen LogP contribution in [0, 0.1) is 0 Å². The summed E-state index contributed by atoms with van der Waals surface area (Å²) in [6.45, 7) is 2.14. The molecule has 0 bridgehead atoms. The first-order valence-corrected chi connectivity index (χ1v) is 11.0. The highest BCUT2D eigenvalue weighted by atomic mass is 35.5. The number of hydrogen-bond donors (Lipinski definition) is 3. The molecule has 0 radical (unpaired) electrons. The van der Waals surface area contributed by atoms with Crippen molar-refractivity contribution in [3.05, 3.63) is 29.8 Å². The molecule has 0 unspecified atom stereocenters. The number of sulfonamides is 1. The lowest BCUT2D eigenvalue weighted by Gasteiger charge is -2.23. The van der Waals surface area contributed by atoms with Crippen LogP contribution in [0.5, 0.6) is 0 Å². The van der Waals surface area contributed by atoms with Gasteiger partial charge in [-0.3, -0.25) is 4.79 Å². The van der Waals surface area contributed by atoms with Crippen molar-refractivity contribution in [2.75, 3.05) is 31.6 Å². The molecule has 1 aromatic rings. The second kappa shape index (κ2) is 11.0. The van der Waals surface area contributed by atoms with Crippen molar-refractivity contribution in [3.63, 3.8) is 0 Å². The van der Waals surface area contributed by atoms with E-state index in [1.165, 1.54) is 12.1 Å². The summed E-state index contributed by atoms with van der Waals surface area (Å²) in [5.41, 5.74) is 0.365. The molecule has 3 N–H and O–H groups in total. The Balaban J connectivity index is 0.00000312. The number of halogens is 1. The van der Waals surface area contributed by atoms with E-state index in [1.54, 1.807) is 23.9 Å². The summed E-state index contributed by atoms with van der Waals surface area (Å²) in [6.07, 6.45) is 4.68. The van der Waals surface area contributed by atoms with E-state index in [9.17, 15) is 13.2 Å². The normalized spacial score (nSPS) is 17.6. The number of nitrogens with one attached hydrogen (secondary N) is 3. The molecular formula is C16H26ClN3O3S2. The summed E-state index contributed by atoms with van der Waals surface area (Å²) in [5.74, 6) is 0.737. The van der Waals surface area contributed by atoms with Gasteiger partial charge in [-0.15, -0.1) is 12.4 Å². The van der Waals surface area contributed by atoms with Gasteiger partial charge in [0.15, 0.2) is 0 Å². The summed E-state index contributed by atoms with van der Waals surface area (Å²) in [6, 6.07) is 6.08. The molecule has 25 heavy (non-hydrogen) atoms. The predicted molar refractivity (Wildman–Crippen MR) is 105 cm³/mol. The number of rotatable bonds is 8. The van der Waals surface area contributed by atoms with Gasteiger partial charge in [-0.25, -0.2) is 13.1 Å². The SMILES string of the molecule is CSCCCNC(=O)c1cccc(S(=O)(=O)N[C@H]2CCCNC2)c1.Cl. The van der Waals surface area contributed by atoms with E-state index >= 15 is 0 Å². The lowest BCUT2D eigenvalue weighted by Crippen LogP contribution is -2.45. The largest absolute Gasteiger partial charge is 0.352 e. The fourth-order valence-corrected chi connectivity index (χ4v) is 4.31. The van der Waals surface area contributed by atoms with Crippen LogP contribution in [0.1, 0.15) is 29.6 Å². The van der Waals surface area contributed by atoms with Crippen LogP contribution >= 0.6 is 24.2 Å². The molecule has 142 valence electrons. The lowest BCUT2D eigenvalue weighted by molar-refractivity contribution is 0.0953. The molecule has 1 saturated heterocycles. The van der Waals surface area contributed by atoms with Crippen LogP contribution in [0.4, 0.5) is 0 Å². The highest BCUT2D eigenvalue weighted by Crippen LogP contribution is 2.14. The highest BCUT2D eigenvalue weighted by Gasteiger charge is 2.22. The van der Waals surface area contributed by atoms with Crippen molar-refractivity contribution in [1.82, 2.24) is 15.4 Å². The molecular weight excluding hydrogens is 382 g/mol. The number of benzene rings is 1. The Morgan fingerprint density at radius 1 is 1.40 bits per heavy atom. The van der Waals surface area contributed by atoms with Crippen molar-refractivity contribution >= 4 is 40.1 Å². The van der Waals surface area contributed by atoms with E-state index in [2.05, 4.69) is 15.4 Å². The van der Waals surface area contributed by atoms with Crippen molar-refractivity contribution in [2.45, 2.75) is 30.2 Å². The minimum atomic E-state index is -3.62. The maximum atomic E-state index is 12.5. The molecule has 1 amide bonds. The van der Waals surface area contributed by atoms with Gasteiger partial charge in [0.05, 0.1) is 4.90 Å². The topological polar surface area (TPSA) is 87.3 Å². The summed E-state index contributed by atoms with van der Waals surface area (Å²) < 4.78 is 27.7. The van der Waals surface area contributed by atoms with Crippen molar-refractivity contribution in [1.29, 1.82) is 0 Å². The highest BCUT2D eigenvalue weighted by molar-refractivity contribution is 7.98. The minimum Gasteiger partial charge on any atom is -0.352 e. The first-order chi connectivity index (χ1) is 11.5. The fraction of sp³-hybridized carbons (Fsp3) is 0.562. The Bertz CT molecular complexity index is 650. The first-order valence-electron chi connectivity index (χ1n) is 8.13. The Kier molecular flexibility index (Phi) is 9.81. The molecule has 1 heterocycles. The lowest BCUT2D eigenvalue weighted by atomic mass is 10.1. The summed E-state index contributed by atoms with van der Waals surface area (Å²) in [7, 11) is -3.62. The van der Waals surface area contributed by atoms with E-state index in [1.807, 2.05) is 6.26 Å². The van der Waals surface area contributed by atoms with Gasteiger partial charge in [-0.1, -0.05) is 6.07 Å². The van der Waals surface area contributed by atoms with Gasteiger partial charge in [0.1, 0.15) is 0 Å². The summed E-state index contributed by atoms with van der Waals surface area (Å²) in [4.78, 5) is 12.3. The first kappa shape index (κ1) is 22.2. The van der Waals surface area contributed by atoms with Gasteiger partial charge in [0.2, 0.25) is 10.0 Å². The molecule has 1 atom stereocenters. The van der Waals surface area contributed by atoms with E-state index in [-0.39, 0.29) is 29.3 Å². The molecule has 0 aliphatic carbocycles. The zero-order chi connectivity index (χ0) is 17.4. The molecule has 6 nitrogen and oxygen atoms in total. The quantitative estimate of drug-likeness (QED) is 0.570. The number of carbonyl (C=O) groups excluding carboxylic acids is 1. The maximum Gasteiger partial charge on any atom is 0.251 e. The Labute approximate surface area is 160 Å². The van der Waals surface area contributed by atoms with Crippen molar-refractivity contribution in [3.8, 4) is 0 Å².